The highest BCUT2D eigenvalue weighted by atomic mass is 32.2. The van der Waals surface area contributed by atoms with E-state index in [0.29, 0.717) is 0 Å². The van der Waals surface area contributed by atoms with Gasteiger partial charge < -0.3 is 10.1 Å². The highest BCUT2D eigenvalue weighted by Gasteiger charge is 2.34. The number of carbonyl (C=O) groups is 1. The van der Waals surface area contributed by atoms with Gasteiger partial charge in [-0.1, -0.05) is 6.92 Å². The van der Waals surface area contributed by atoms with Crippen LogP contribution in [-0.2, 0) is 9.53 Å². The first-order valence-corrected chi connectivity index (χ1v) is 6.02. The summed E-state index contributed by atoms with van der Waals surface area (Å²) in [5.74, 6) is 1.90. The monoisotopic (exact) mass is 216 g/mol. The molecule has 0 aliphatic carbocycles. The van der Waals surface area contributed by atoms with E-state index in [1.807, 2.05) is 0 Å². The molecule has 5 heteroatoms. The molecular weight excluding hydrogens is 200 g/mol. The maximum atomic E-state index is 11.6. The lowest BCUT2D eigenvalue weighted by molar-refractivity contribution is -0.127. The van der Waals surface area contributed by atoms with E-state index in [-0.39, 0.29) is 17.4 Å². The molecular formula is C9H16N2O2S. The molecule has 0 aromatic carbocycles. The standard InChI is InChI=1S/C9H16N2O2S/c1-9(4-13-5-9)3-10-8(12)7-2-14-6-11-7/h7,11H,2-6H2,1H3,(H,10,12). The minimum atomic E-state index is 0.00425. The van der Waals surface area contributed by atoms with E-state index in [0.717, 1.165) is 31.4 Å². The molecule has 0 saturated carbocycles. The summed E-state index contributed by atoms with van der Waals surface area (Å²) in [4.78, 5) is 11.6. The van der Waals surface area contributed by atoms with E-state index in [1.165, 1.54) is 0 Å². The molecule has 14 heavy (non-hydrogen) atoms. The van der Waals surface area contributed by atoms with Gasteiger partial charge in [0.05, 0.1) is 19.3 Å². The summed E-state index contributed by atoms with van der Waals surface area (Å²) < 4.78 is 5.12. The van der Waals surface area contributed by atoms with E-state index in [9.17, 15) is 4.79 Å². The van der Waals surface area contributed by atoms with Crippen LogP contribution in [0.15, 0.2) is 0 Å². The van der Waals surface area contributed by atoms with Gasteiger partial charge in [0.15, 0.2) is 0 Å². The Balaban J connectivity index is 1.71. The highest BCUT2D eigenvalue weighted by Crippen LogP contribution is 2.25. The largest absolute Gasteiger partial charge is 0.380 e. The second kappa shape index (κ2) is 4.08. The van der Waals surface area contributed by atoms with E-state index in [1.54, 1.807) is 11.8 Å². The van der Waals surface area contributed by atoms with Crippen molar-refractivity contribution in [2.75, 3.05) is 31.4 Å². The lowest BCUT2D eigenvalue weighted by atomic mass is 9.89. The fraction of sp³-hybridized carbons (Fsp3) is 0.889. The van der Waals surface area contributed by atoms with Crippen LogP contribution >= 0.6 is 11.8 Å². The number of nitrogens with one attached hydrogen (secondary N) is 2. The summed E-state index contributed by atoms with van der Waals surface area (Å²) in [6.07, 6.45) is 0. The maximum absolute atomic E-state index is 11.6. The first-order valence-electron chi connectivity index (χ1n) is 4.86. The fourth-order valence-electron chi connectivity index (χ4n) is 1.54. The quantitative estimate of drug-likeness (QED) is 0.686. The molecule has 2 aliphatic rings. The van der Waals surface area contributed by atoms with Crippen LogP contribution in [0, 0.1) is 5.41 Å². The number of carbonyl (C=O) groups excluding carboxylic acids is 1. The topological polar surface area (TPSA) is 50.4 Å². The Labute approximate surface area is 88.1 Å². The van der Waals surface area contributed by atoms with Crippen LogP contribution in [0.25, 0.3) is 0 Å². The van der Waals surface area contributed by atoms with Crippen LogP contribution in [0.3, 0.4) is 0 Å². The minimum absolute atomic E-state index is 0.00425. The number of ether oxygens (including phenoxy) is 1. The van der Waals surface area contributed by atoms with Gasteiger partial charge in [-0.3, -0.25) is 10.1 Å². The zero-order chi connectivity index (χ0) is 10.0. The molecule has 2 heterocycles. The highest BCUT2D eigenvalue weighted by molar-refractivity contribution is 7.99. The molecule has 1 amide bonds. The molecule has 0 aromatic heterocycles. The Bertz CT molecular complexity index is 225. The van der Waals surface area contributed by atoms with Crippen molar-refractivity contribution < 1.29 is 9.53 Å². The van der Waals surface area contributed by atoms with Crippen LogP contribution in [-0.4, -0.2) is 43.3 Å². The van der Waals surface area contributed by atoms with Gasteiger partial charge in [0.1, 0.15) is 0 Å². The molecule has 2 fully saturated rings. The van der Waals surface area contributed by atoms with Gasteiger partial charge in [-0.2, -0.15) is 0 Å². The molecule has 2 aliphatic heterocycles. The van der Waals surface area contributed by atoms with Gasteiger partial charge in [0, 0.05) is 23.6 Å². The van der Waals surface area contributed by atoms with E-state index in [4.69, 9.17) is 4.74 Å². The van der Waals surface area contributed by atoms with Crippen LogP contribution < -0.4 is 10.6 Å². The molecule has 0 spiro atoms. The van der Waals surface area contributed by atoms with Gasteiger partial charge in [-0.15, -0.1) is 11.8 Å². The molecule has 1 unspecified atom stereocenters. The van der Waals surface area contributed by atoms with Crippen molar-refractivity contribution in [3.63, 3.8) is 0 Å². The average Bonchev–Trinajstić information content (AvgIpc) is 2.63. The number of rotatable bonds is 3. The lowest BCUT2D eigenvalue weighted by Crippen LogP contribution is -2.51. The van der Waals surface area contributed by atoms with Crippen LogP contribution in [0.4, 0.5) is 0 Å². The van der Waals surface area contributed by atoms with Crippen molar-refractivity contribution >= 4 is 17.7 Å². The summed E-state index contributed by atoms with van der Waals surface area (Å²) in [5.41, 5.74) is 0.168. The van der Waals surface area contributed by atoms with E-state index < -0.39 is 0 Å². The Morgan fingerprint density at radius 1 is 1.71 bits per heavy atom. The van der Waals surface area contributed by atoms with E-state index >= 15 is 0 Å². The first kappa shape index (κ1) is 10.3. The van der Waals surface area contributed by atoms with Crippen molar-refractivity contribution in [2.24, 2.45) is 5.41 Å². The van der Waals surface area contributed by atoms with Crippen LogP contribution in [0.5, 0.6) is 0 Å². The molecule has 0 radical (unpaired) electrons. The zero-order valence-corrected chi connectivity index (χ0v) is 9.15. The van der Waals surface area contributed by atoms with Crippen molar-refractivity contribution in [3.8, 4) is 0 Å². The van der Waals surface area contributed by atoms with Crippen molar-refractivity contribution in [3.05, 3.63) is 0 Å². The molecule has 2 saturated heterocycles. The predicted molar refractivity (Wildman–Crippen MR) is 56.2 cm³/mol. The second-order valence-electron chi connectivity index (χ2n) is 4.29. The zero-order valence-electron chi connectivity index (χ0n) is 8.34. The fourth-order valence-corrected chi connectivity index (χ4v) is 2.48. The number of hydrogen-bond acceptors (Lipinski definition) is 4. The number of thioether (sulfide) groups is 1. The molecule has 0 aromatic rings. The summed E-state index contributed by atoms with van der Waals surface area (Å²) >= 11 is 1.77. The Morgan fingerprint density at radius 3 is 3.00 bits per heavy atom. The summed E-state index contributed by atoms with van der Waals surface area (Å²) in [5, 5.41) is 6.12. The molecule has 1 atom stereocenters. The van der Waals surface area contributed by atoms with Gasteiger partial charge in [-0.25, -0.2) is 0 Å². The van der Waals surface area contributed by atoms with Crippen LogP contribution in [0.1, 0.15) is 6.92 Å². The summed E-state index contributed by atoms with van der Waals surface area (Å²) in [7, 11) is 0. The Morgan fingerprint density at radius 2 is 2.50 bits per heavy atom. The minimum Gasteiger partial charge on any atom is -0.380 e. The van der Waals surface area contributed by atoms with Crippen molar-refractivity contribution in [2.45, 2.75) is 13.0 Å². The van der Waals surface area contributed by atoms with Gasteiger partial charge in [0.2, 0.25) is 5.91 Å². The lowest BCUT2D eigenvalue weighted by Gasteiger charge is -2.38. The maximum Gasteiger partial charge on any atom is 0.238 e. The average molecular weight is 216 g/mol. The number of hydrogen-bond donors (Lipinski definition) is 2. The third-order valence-corrected chi connectivity index (χ3v) is 3.56. The van der Waals surface area contributed by atoms with Crippen molar-refractivity contribution in [1.82, 2.24) is 10.6 Å². The third kappa shape index (κ3) is 2.21. The smallest absolute Gasteiger partial charge is 0.238 e. The van der Waals surface area contributed by atoms with Gasteiger partial charge >= 0.3 is 0 Å². The van der Waals surface area contributed by atoms with Gasteiger partial charge in [0.25, 0.3) is 0 Å². The Hall–Kier alpha value is -0.260. The van der Waals surface area contributed by atoms with Gasteiger partial charge in [-0.05, 0) is 0 Å². The molecule has 2 N–H and O–H groups in total. The SMILES string of the molecule is CC1(CNC(=O)C2CSCN2)COC1. The van der Waals surface area contributed by atoms with Crippen molar-refractivity contribution in [1.29, 1.82) is 0 Å². The molecule has 80 valence electrons. The van der Waals surface area contributed by atoms with E-state index in [2.05, 4.69) is 17.6 Å². The van der Waals surface area contributed by atoms with Crippen LogP contribution in [0.2, 0.25) is 0 Å². The third-order valence-electron chi connectivity index (χ3n) is 2.62. The predicted octanol–water partition coefficient (Wildman–Crippen LogP) is -0.198. The summed E-state index contributed by atoms with van der Waals surface area (Å²) in [6.45, 7) is 4.39. The number of amides is 1. The first-order chi connectivity index (χ1) is 6.70. The Kier molecular flexibility index (Phi) is 2.99. The summed E-state index contributed by atoms with van der Waals surface area (Å²) in [6, 6.07) is 0.00425. The normalized spacial score (nSPS) is 29.6. The molecule has 0 bridgehead atoms. The second-order valence-corrected chi connectivity index (χ2v) is 5.32. The molecule has 2 rings (SSSR count). The molecule has 4 nitrogen and oxygen atoms in total.